The predicted octanol–water partition coefficient (Wildman–Crippen LogP) is 5.04. The van der Waals surface area contributed by atoms with E-state index in [-0.39, 0.29) is 5.91 Å². The van der Waals surface area contributed by atoms with Crippen molar-refractivity contribution < 1.29 is 4.79 Å². The lowest BCUT2D eigenvalue weighted by Crippen LogP contribution is -2.34. The molecule has 0 N–H and O–H groups in total. The summed E-state index contributed by atoms with van der Waals surface area (Å²) in [5.74, 6) is 0.658. The van der Waals surface area contributed by atoms with E-state index in [0.29, 0.717) is 12.5 Å². The zero-order valence-electron chi connectivity index (χ0n) is 15.3. The van der Waals surface area contributed by atoms with Crippen molar-refractivity contribution >= 4 is 22.4 Å². The van der Waals surface area contributed by atoms with Gasteiger partial charge in [-0.25, -0.2) is 0 Å². The summed E-state index contributed by atoms with van der Waals surface area (Å²) in [5.41, 5.74) is 5.41. The van der Waals surface area contributed by atoms with Gasteiger partial charge < -0.3 is 4.90 Å². The van der Waals surface area contributed by atoms with E-state index < -0.39 is 0 Å². The molecule has 1 saturated carbocycles. The second-order valence-corrected chi connectivity index (χ2v) is 7.48. The molecular weight excluding hydrogens is 332 g/mol. The van der Waals surface area contributed by atoms with Gasteiger partial charge in [0.1, 0.15) is 0 Å². The summed E-state index contributed by atoms with van der Waals surface area (Å²) in [5, 5.41) is 0.963. The number of benzene rings is 2. The summed E-state index contributed by atoms with van der Waals surface area (Å²) in [6.07, 6.45) is 5.47. The van der Waals surface area contributed by atoms with E-state index in [1.807, 2.05) is 41.3 Å². The molecule has 0 radical (unpaired) electrons. The number of aromatic nitrogens is 1. The quantitative estimate of drug-likeness (QED) is 0.660. The first-order chi connectivity index (χ1) is 13.3. The van der Waals surface area contributed by atoms with Gasteiger partial charge in [0.25, 0.3) is 5.91 Å². The van der Waals surface area contributed by atoms with Gasteiger partial charge in [-0.05, 0) is 42.5 Å². The molecule has 134 valence electrons. The number of para-hydroxylation sites is 1. The van der Waals surface area contributed by atoms with Crippen molar-refractivity contribution in [2.24, 2.45) is 0 Å². The second kappa shape index (κ2) is 6.66. The zero-order valence-corrected chi connectivity index (χ0v) is 15.3. The smallest absolute Gasteiger partial charge is 0.254 e. The largest absolute Gasteiger partial charge is 0.335 e. The van der Waals surface area contributed by atoms with Crippen LogP contribution in [0.3, 0.4) is 0 Å². The van der Waals surface area contributed by atoms with Gasteiger partial charge >= 0.3 is 0 Å². The summed E-state index contributed by atoms with van der Waals surface area (Å²) >= 11 is 0. The molecule has 1 aliphatic carbocycles. The van der Waals surface area contributed by atoms with E-state index >= 15 is 0 Å². The molecule has 3 aromatic rings. The Bertz CT molecular complexity index is 1030. The molecule has 1 fully saturated rings. The first kappa shape index (κ1) is 16.2. The zero-order chi connectivity index (χ0) is 18.2. The average molecular weight is 354 g/mol. The Morgan fingerprint density at radius 1 is 1.00 bits per heavy atom. The molecule has 0 atom stereocenters. The van der Waals surface area contributed by atoms with Crippen LogP contribution in [0.25, 0.3) is 16.5 Å². The minimum Gasteiger partial charge on any atom is -0.335 e. The van der Waals surface area contributed by atoms with Crippen molar-refractivity contribution in [2.75, 3.05) is 13.1 Å². The highest BCUT2D eigenvalue weighted by atomic mass is 16.2. The van der Waals surface area contributed by atoms with E-state index in [1.54, 1.807) is 0 Å². The Hall–Kier alpha value is -2.94. The fourth-order valence-corrected chi connectivity index (χ4v) is 3.90. The highest BCUT2D eigenvalue weighted by Gasteiger charge is 2.28. The summed E-state index contributed by atoms with van der Waals surface area (Å²) in [6.45, 7) is 1.42. The van der Waals surface area contributed by atoms with Crippen LogP contribution in [0.15, 0.2) is 66.7 Å². The summed E-state index contributed by atoms with van der Waals surface area (Å²) in [4.78, 5) is 20.1. The molecule has 2 aromatic carbocycles. The molecule has 27 heavy (non-hydrogen) atoms. The van der Waals surface area contributed by atoms with E-state index in [1.165, 1.54) is 24.0 Å². The van der Waals surface area contributed by atoms with Crippen molar-refractivity contribution in [2.45, 2.75) is 25.2 Å². The maximum Gasteiger partial charge on any atom is 0.254 e. The molecule has 0 bridgehead atoms. The number of amides is 1. The second-order valence-electron chi connectivity index (χ2n) is 7.48. The Balaban J connectivity index is 1.45. The van der Waals surface area contributed by atoms with Gasteiger partial charge in [-0.15, -0.1) is 0 Å². The topological polar surface area (TPSA) is 33.2 Å². The van der Waals surface area contributed by atoms with Crippen LogP contribution in [-0.4, -0.2) is 28.9 Å². The molecule has 5 rings (SSSR count). The van der Waals surface area contributed by atoms with Crippen molar-refractivity contribution in [1.29, 1.82) is 0 Å². The molecule has 1 aliphatic heterocycles. The lowest BCUT2D eigenvalue weighted by Gasteiger charge is -2.27. The highest BCUT2D eigenvalue weighted by molar-refractivity contribution is 6.06. The third-order valence-electron chi connectivity index (χ3n) is 5.60. The van der Waals surface area contributed by atoms with E-state index in [0.717, 1.165) is 35.1 Å². The Morgan fingerprint density at radius 3 is 2.52 bits per heavy atom. The monoisotopic (exact) mass is 354 g/mol. The van der Waals surface area contributed by atoms with Crippen LogP contribution < -0.4 is 0 Å². The predicted molar refractivity (Wildman–Crippen MR) is 109 cm³/mol. The molecule has 0 unspecified atom stereocenters. The number of carbonyl (C=O) groups excluding carboxylic acids is 1. The number of carbonyl (C=O) groups is 1. The summed E-state index contributed by atoms with van der Waals surface area (Å²) in [7, 11) is 0. The van der Waals surface area contributed by atoms with Crippen LogP contribution in [-0.2, 0) is 0 Å². The minimum absolute atomic E-state index is 0.124. The Kier molecular flexibility index (Phi) is 4.01. The van der Waals surface area contributed by atoms with Gasteiger partial charge in [0, 0.05) is 30.1 Å². The molecule has 3 nitrogen and oxygen atoms in total. The minimum atomic E-state index is 0.124. The van der Waals surface area contributed by atoms with Crippen LogP contribution in [0.5, 0.6) is 0 Å². The molecule has 3 heteroatoms. The lowest BCUT2D eigenvalue weighted by molar-refractivity contribution is 0.0774. The molecule has 2 aliphatic rings. The summed E-state index contributed by atoms with van der Waals surface area (Å²) in [6, 6.07) is 20.5. The third kappa shape index (κ3) is 3.14. The van der Waals surface area contributed by atoms with Gasteiger partial charge in [-0.3, -0.25) is 9.78 Å². The van der Waals surface area contributed by atoms with Crippen molar-refractivity contribution in [3.63, 3.8) is 0 Å². The van der Waals surface area contributed by atoms with Crippen molar-refractivity contribution in [3.8, 4) is 0 Å². The average Bonchev–Trinajstić information content (AvgIpc) is 3.59. The van der Waals surface area contributed by atoms with Gasteiger partial charge in [0.2, 0.25) is 0 Å². The van der Waals surface area contributed by atoms with Crippen molar-refractivity contribution in [3.05, 3.63) is 83.6 Å². The van der Waals surface area contributed by atoms with Crippen LogP contribution in [0.2, 0.25) is 0 Å². The lowest BCUT2D eigenvalue weighted by atomic mass is 9.98. The van der Waals surface area contributed by atoms with Gasteiger partial charge in [0.05, 0.1) is 11.1 Å². The fraction of sp³-hybridized carbons (Fsp3) is 0.250. The number of hydrogen-bond donors (Lipinski definition) is 0. The fourth-order valence-electron chi connectivity index (χ4n) is 3.90. The molecule has 0 saturated heterocycles. The van der Waals surface area contributed by atoms with Crippen molar-refractivity contribution in [1.82, 2.24) is 9.88 Å². The third-order valence-corrected chi connectivity index (χ3v) is 5.60. The maximum atomic E-state index is 13.3. The maximum absolute atomic E-state index is 13.3. The normalized spacial score (nSPS) is 17.0. The van der Waals surface area contributed by atoms with Crippen LogP contribution in [0, 0.1) is 0 Å². The highest BCUT2D eigenvalue weighted by Crippen LogP contribution is 2.40. The first-order valence-corrected chi connectivity index (χ1v) is 9.73. The first-order valence-electron chi connectivity index (χ1n) is 9.73. The molecule has 2 heterocycles. The van der Waals surface area contributed by atoms with Crippen LogP contribution in [0.1, 0.15) is 46.8 Å². The van der Waals surface area contributed by atoms with Crippen LogP contribution >= 0.6 is 0 Å². The number of fused-ring (bicyclic) bond motifs is 1. The number of rotatable bonds is 3. The van der Waals surface area contributed by atoms with E-state index in [2.05, 4.69) is 30.3 Å². The molecule has 0 spiro atoms. The summed E-state index contributed by atoms with van der Waals surface area (Å²) < 4.78 is 0. The van der Waals surface area contributed by atoms with Gasteiger partial charge in [-0.2, -0.15) is 0 Å². The number of hydrogen-bond acceptors (Lipinski definition) is 2. The van der Waals surface area contributed by atoms with E-state index in [9.17, 15) is 4.79 Å². The van der Waals surface area contributed by atoms with Gasteiger partial charge in [0.15, 0.2) is 0 Å². The standard InChI is InChI=1S/C24H22N2O/c27-24(26-14-12-18(13-15-26)17-6-2-1-3-7-17)21-16-23(19-10-11-19)25-22-9-5-4-8-20(21)22/h1-9,12,16,19H,10-11,13-15H2. The number of nitrogens with zero attached hydrogens (tertiary/aromatic N) is 2. The number of pyridine rings is 1. The van der Waals surface area contributed by atoms with E-state index in [4.69, 9.17) is 4.98 Å². The SMILES string of the molecule is O=C(c1cc(C2CC2)nc2ccccc12)N1CC=C(c2ccccc2)CC1. The molecule has 1 aromatic heterocycles. The van der Waals surface area contributed by atoms with Crippen LogP contribution in [0.4, 0.5) is 0 Å². The van der Waals surface area contributed by atoms with Gasteiger partial charge in [-0.1, -0.05) is 54.6 Å². The molecule has 1 amide bonds. The Labute approximate surface area is 159 Å². The Morgan fingerprint density at radius 2 is 1.78 bits per heavy atom. The molecular formula is C24H22N2O.